The lowest BCUT2D eigenvalue weighted by Gasteiger charge is -2.17. The molecule has 0 unspecified atom stereocenters. The zero-order valence-corrected chi connectivity index (χ0v) is 9.45. The van der Waals surface area contributed by atoms with Crippen molar-refractivity contribution in [3.05, 3.63) is 23.7 Å². The zero-order chi connectivity index (χ0) is 11.4. The van der Waals surface area contributed by atoms with Gasteiger partial charge in [0.15, 0.2) is 0 Å². The molecule has 88 valence electrons. The van der Waals surface area contributed by atoms with Crippen LogP contribution in [0.5, 0.6) is 0 Å². The van der Waals surface area contributed by atoms with E-state index in [1.807, 2.05) is 0 Å². The molecule has 0 saturated heterocycles. The lowest BCUT2D eigenvalue weighted by atomic mass is 9.89. The molecule has 16 heavy (non-hydrogen) atoms. The number of aromatic carboxylic acids is 1. The van der Waals surface area contributed by atoms with Gasteiger partial charge in [0, 0.05) is 5.92 Å². The molecule has 1 N–H and O–H groups in total. The minimum Gasteiger partial charge on any atom is -0.478 e. The molecule has 1 fully saturated rings. The standard InChI is InChI=1S/C13H18O3/c14-13(15)11-8-12(16-9-11)10-6-4-2-1-3-5-7-10/h8-10H,1-7H2,(H,14,15). The van der Waals surface area contributed by atoms with E-state index < -0.39 is 5.97 Å². The van der Waals surface area contributed by atoms with E-state index in [-0.39, 0.29) is 5.56 Å². The third kappa shape index (κ3) is 2.65. The summed E-state index contributed by atoms with van der Waals surface area (Å²) in [6.07, 6.45) is 10.0. The summed E-state index contributed by atoms with van der Waals surface area (Å²) in [5.74, 6) is 0.383. The lowest BCUT2D eigenvalue weighted by Crippen LogP contribution is -2.01. The Morgan fingerprint density at radius 2 is 1.81 bits per heavy atom. The van der Waals surface area contributed by atoms with Crippen LogP contribution in [-0.4, -0.2) is 11.1 Å². The molecule has 3 nitrogen and oxygen atoms in total. The van der Waals surface area contributed by atoms with Gasteiger partial charge < -0.3 is 9.52 Å². The van der Waals surface area contributed by atoms with Crippen LogP contribution >= 0.6 is 0 Å². The van der Waals surface area contributed by atoms with Crippen molar-refractivity contribution in [2.45, 2.75) is 50.9 Å². The Balaban J connectivity index is 2.05. The van der Waals surface area contributed by atoms with Gasteiger partial charge in [-0.1, -0.05) is 32.1 Å². The predicted molar refractivity (Wildman–Crippen MR) is 60.7 cm³/mol. The maximum atomic E-state index is 10.8. The Hall–Kier alpha value is -1.25. The van der Waals surface area contributed by atoms with E-state index in [9.17, 15) is 4.79 Å². The molecular formula is C13H18O3. The fourth-order valence-electron chi connectivity index (χ4n) is 2.42. The van der Waals surface area contributed by atoms with E-state index in [1.165, 1.54) is 38.4 Å². The minimum absolute atomic E-state index is 0.275. The van der Waals surface area contributed by atoms with Crippen LogP contribution in [0.25, 0.3) is 0 Å². The second kappa shape index (κ2) is 5.19. The van der Waals surface area contributed by atoms with Crippen LogP contribution in [0.15, 0.2) is 16.7 Å². The van der Waals surface area contributed by atoms with Crippen LogP contribution in [0.2, 0.25) is 0 Å². The Morgan fingerprint density at radius 1 is 1.19 bits per heavy atom. The van der Waals surface area contributed by atoms with Crippen molar-refractivity contribution < 1.29 is 14.3 Å². The number of carboxylic acid groups (broad SMARTS) is 1. The topological polar surface area (TPSA) is 50.4 Å². The van der Waals surface area contributed by atoms with Crippen molar-refractivity contribution in [2.24, 2.45) is 0 Å². The molecule has 0 aromatic carbocycles. The average molecular weight is 222 g/mol. The molecule has 1 aliphatic carbocycles. The van der Waals surface area contributed by atoms with Crippen molar-refractivity contribution >= 4 is 5.97 Å². The van der Waals surface area contributed by atoms with Gasteiger partial charge in [-0.25, -0.2) is 4.79 Å². The SMILES string of the molecule is O=C(O)c1coc(C2CCCCCCC2)c1. The number of carboxylic acids is 1. The van der Waals surface area contributed by atoms with E-state index in [0.717, 1.165) is 18.6 Å². The van der Waals surface area contributed by atoms with Gasteiger partial charge in [-0.3, -0.25) is 0 Å². The molecule has 1 aromatic heterocycles. The molecule has 0 spiro atoms. The van der Waals surface area contributed by atoms with Crippen molar-refractivity contribution in [1.82, 2.24) is 0 Å². The largest absolute Gasteiger partial charge is 0.478 e. The highest BCUT2D eigenvalue weighted by molar-refractivity contribution is 5.87. The number of rotatable bonds is 2. The van der Waals surface area contributed by atoms with Gasteiger partial charge in [0.05, 0.1) is 5.56 Å². The van der Waals surface area contributed by atoms with Crippen LogP contribution in [0.4, 0.5) is 0 Å². The highest BCUT2D eigenvalue weighted by Gasteiger charge is 2.18. The van der Waals surface area contributed by atoms with Gasteiger partial charge in [0.25, 0.3) is 0 Å². The van der Waals surface area contributed by atoms with E-state index >= 15 is 0 Å². The first-order valence-corrected chi connectivity index (χ1v) is 6.09. The second-order valence-electron chi connectivity index (χ2n) is 4.58. The zero-order valence-electron chi connectivity index (χ0n) is 9.45. The first-order chi connectivity index (χ1) is 7.77. The average Bonchev–Trinajstić information content (AvgIpc) is 2.66. The Labute approximate surface area is 95.5 Å². The van der Waals surface area contributed by atoms with Gasteiger partial charge in [0.1, 0.15) is 12.0 Å². The molecule has 1 heterocycles. The molecule has 1 aliphatic rings. The highest BCUT2D eigenvalue weighted by Crippen LogP contribution is 2.31. The molecule has 1 aromatic rings. The molecule has 3 heteroatoms. The smallest absolute Gasteiger partial charge is 0.338 e. The van der Waals surface area contributed by atoms with Crippen molar-refractivity contribution in [2.75, 3.05) is 0 Å². The predicted octanol–water partition coefficient (Wildman–Crippen LogP) is 3.81. The minimum atomic E-state index is -0.902. The quantitative estimate of drug-likeness (QED) is 0.827. The molecule has 0 bridgehead atoms. The highest BCUT2D eigenvalue weighted by atomic mass is 16.4. The molecule has 0 amide bonds. The van der Waals surface area contributed by atoms with E-state index in [0.29, 0.717) is 5.92 Å². The van der Waals surface area contributed by atoms with Gasteiger partial charge >= 0.3 is 5.97 Å². The summed E-state index contributed by atoms with van der Waals surface area (Å²) >= 11 is 0. The molecular weight excluding hydrogens is 204 g/mol. The Kier molecular flexibility index (Phi) is 3.65. The Morgan fingerprint density at radius 3 is 2.38 bits per heavy atom. The van der Waals surface area contributed by atoms with Gasteiger partial charge in [0.2, 0.25) is 0 Å². The maximum absolute atomic E-state index is 10.8. The third-order valence-corrected chi connectivity index (χ3v) is 3.37. The maximum Gasteiger partial charge on any atom is 0.338 e. The monoisotopic (exact) mass is 222 g/mol. The number of hydrogen-bond donors (Lipinski definition) is 1. The first kappa shape index (κ1) is 11.2. The van der Waals surface area contributed by atoms with E-state index in [4.69, 9.17) is 9.52 Å². The Bertz CT molecular complexity index is 346. The summed E-state index contributed by atoms with van der Waals surface area (Å²) in [6.45, 7) is 0. The third-order valence-electron chi connectivity index (χ3n) is 3.37. The lowest BCUT2D eigenvalue weighted by molar-refractivity contribution is 0.0696. The first-order valence-electron chi connectivity index (χ1n) is 6.09. The van der Waals surface area contributed by atoms with Crippen LogP contribution in [0, 0.1) is 0 Å². The van der Waals surface area contributed by atoms with Crippen molar-refractivity contribution in [3.8, 4) is 0 Å². The van der Waals surface area contributed by atoms with E-state index in [2.05, 4.69) is 0 Å². The van der Waals surface area contributed by atoms with Crippen LogP contribution in [-0.2, 0) is 0 Å². The molecule has 0 atom stereocenters. The number of furan rings is 1. The van der Waals surface area contributed by atoms with Gasteiger partial charge in [-0.15, -0.1) is 0 Å². The summed E-state index contributed by atoms with van der Waals surface area (Å²) in [4.78, 5) is 10.8. The molecule has 1 saturated carbocycles. The second-order valence-corrected chi connectivity index (χ2v) is 4.58. The summed E-state index contributed by atoms with van der Waals surface area (Å²) in [5.41, 5.74) is 0.275. The van der Waals surface area contributed by atoms with Crippen LogP contribution in [0.3, 0.4) is 0 Å². The fraction of sp³-hybridized carbons (Fsp3) is 0.615. The van der Waals surface area contributed by atoms with E-state index in [1.54, 1.807) is 6.07 Å². The molecule has 0 radical (unpaired) electrons. The van der Waals surface area contributed by atoms with Crippen LogP contribution in [0.1, 0.15) is 67.0 Å². The number of hydrogen-bond acceptors (Lipinski definition) is 2. The summed E-state index contributed by atoms with van der Waals surface area (Å²) in [6, 6.07) is 1.69. The molecule has 0 aliphatic heterocycles. The molecule has 2 rings (SSSR count). The fourth-order valence-corrected chi connectivity index (χ4v) is 2.42. The van der Waals surface area contributed by atoms with Crippen molar-refractivity contribution in [3.63, 3.8) is 0 Å². The van der Waals surface area contributed by atoms with Gasteiger partial charge in [-0.05, 0) is 18.9 Å². The normalized spacial score (nSPS) is 19.0. The number of carbonyl (C=O) groups is 1. The summed E-state index contributed by atoms with van der Waals surface area (Å²) < 4.78 is 5.38. The van der Waals surface area contributed by atoms with Gasteiger partial charge in [-0.2, -0.15) is 0 Å². The summed E-state index contributed by atoms with van der Waals surface area (Å²) in [7, 11) is 0. The van der Waals surface area contributed by atoms with Crippen molar-refractivity contribution in [1.29, 1.82) is 0 Å². The van der Waals surface area contributed by atoms with Crippen LogP contribution < -0.4 is 0 Å². The summed E-state index contributed by atoms with van der Waals surface area (Å²) in [5, 5.41) is 8.84.